The van der Waals surface area contributed by atoms with Crippen molar-refractivity contribution in [3.05, 3.63) is 42.1 Å². The Morgan fingerprint density at radius 1 is 1.19 bits per heavy atom. The predicted molar refractivity (Wildman–Crippen MR) is 66.5 cm³/mol. The second kappa shape index (κ2) is 4.26. The molecular weight excluding hydrogens is 200 g/mol. The van der Waals surface area contributed by atoms with Gasteiger partial charge >= 0.3 is 0 Å². The molecule has 4 nitrogen and oxygen atoms in total. The van der Waals surface area contributed by atoms with Crippen molar-refractivity contribution in [3.8, 4) is 0 Å². The molecule has 0 bridgehead atoms. The molecule has 0 aliphatic heterocycles. The summed E-state index contributed by atoms with van der Waals surface area (Å²) in [7, 11) is 4.06. The lowest BCUT2D eigenvalue weighted by atomic mass is 10.2. The first-order valence-corrected chi connectivity index (χ1v) is 5.20. The molecule has 2 aromatic rings. The minimum absolute atomic E-state index is 0.691. The smallest absolute Gasteiger partial charge is 0.122 e. The van der Waals surface area contributed by atoms with Gasteiger partial charge in [-0.05, 0) is 23.8 Å². The molecule has 0 radical (unpaired) electrons. The normalized spacial score (nSPS) is 10.4. The van der Waals surface area contributed by atoms with Crippen molar-refractivity contribution in [2.24, 2.45) is 0 Å². The highest BCUT2D eigenvalue weighted by Gasteiger charge is 2.00. The molecule has 0 unspecified atom stereocenters. The van der Waals surface area contributed by atoms with Gasteiger partial charge in [0.2, 0.25) is 0 Å². The zero-order valence-electron chi connectivity index (χ0n) is 9.59. The van der Waals surface area contributed by atoms with Gasteiger partial charge in [0, 0.05) is 19.8 Å². The van der Waals surface area contributed by atoms with Crippen molar-refractivity contribution >= 4 is 11.5 Å². The molecular formula is C12H16N4. The van der Waals surface area contributed by atoms with Gasteiger partial charge in [-0.25, -0.2) is 4.68 Å². The van der Waals surface area contributed by atoms with Crippen LogP contribution in [0.1, 0.15) is 5.56 Å². The van der Waals surface area contributed by atoms with Crippen LogP contribution in [-0.4, -0.2) is 23.9 Å². The van der Waals surface area contributed by atoms with Crippen molar-refractivity contribution in [1.29, 1.82) is 0 Å². The summed E-state index contributed by atoms with van der Waals surface area (Å²) in [6.07, 6.45) is 1.71. The lowest BCUT2D eigenvalue weighted by Gasteiger charge is -2.12. The summed E-state index contributed by atoms with van der Waals surface area (Å²) in [5.74, 6) is 0.691. The molecule has 4 heteroatoms. The van der Waals surface area contributed by atoms with Crippen molar-refractivity contribution in [2.45, 2.75) is 6.54 Å². The molecule has 1 aromatic carbocycles. The first-order chi connectivity index (χ1) is 7.66. The number of nitrogens with two attached hydrogens (primary N) is 1. The van der Waals surface area contributed by atoms with E-state index in [1.54, 1.807) is 16.9 Å². The Balaban J connectivity index is 2.14. The van der Waals surface area contributed by atoms with Crippen LogP contribution < -0.4 is 10.6 Å². The largest absolute Gasteiger partial charge is 0.384 e. The fourth-order valence-corrected chi connectivity index (χ4v) is 1.55. The highest BCUT2D eigenvalue weighted by molar-refractivity contribution is 5.46. The summed E-state index contributed by atoms with van der Waals surface area (Å²) in [5, 5.41) is 4.15. The summed E-state index contributed by atoms with van der Waals surface area (Å²) in [5.41, 5.74) is 8.15. The molecule has 0 atom stereocenters. The van der Waals surface area contributed by atoms with Crippen molar-refractivity contribution in [3.63, 3.8) is 0 Å². The van der Waals surface area contributed by atoms with E-state index in [2.05, 4.69) is 34.3 Å². The van der Waals surface area contributed by atoms with E-state index in [-0.39, 0.29) is 0 Å². The Kier molecular flexibility index (Phi) is 2.81. The molecule has 0 aliphatic carbocycles. The van der Waals surface area contributed by atoms with Crippen molar-refractivity contribution in [2.75, 3.05) is 24.7 Å². The summed E-state index contributed by atoms with van der Waals surface area (Å²) >= 11 is 0. The molecule has 0 amide bonds. The summed E-state index contributed by atoms with van der Waals surface area (Å²) < 4.78 is 1.78. The highest BCUT2D eigenvalue weighted by Crippen LogP contribution is 2.13. The van der Waals surface area contributed by atoms with E-state index in [0.717, 1.165) is 0 Å². The fraction of sp³-hybridized carbons (Fsp3) is 0.250. The van der Waals surface area contributed by atoms with Crippen LogP contribution in [0.5, 0.6) is 0 Å². The quantitative estimate of drug-likeness (QED) is 0.847. The Morgan fingerprint density at radius 2 is 1.88 bits per heavy atom. The molecule has 2 rings (SSSR count). The van der Waals surface area contributed by atoms with E-state index in [9.17, 15) is 0 Å². The van der Waals surface area contributed by atoms with E-state index in [0.29, 0.717) is 12.4 Å². The molecule has 1 aromatic heterocycles. The number of rotatable bonds is 3. The third kappa shape index (κ3) is 2.16. The SMILES string of the molecule is CN(C)c1ccc(Cn2nccc2N)cc1. The van der Waals surface area contributed by atoms with Crippen LogP contribution in [0, 0.1) is 0 Å². The van der Waals surface area contributed by atoms with Gasteiger partial charge in [-0.1, -0.05) is 12.1 Å². The molecule has 0 spiro atoms. The minimum atomic E-state index is 0.691. The minimum Gasteiger partial charge on any atom is -0.384 e. The highest BCUT2D eigenvalue weighted by atomic mass is 15.3. The van der Waals surface area contributed by atoms with Crippen LogP contribution in [0.3, 0.4) is 0 Å². The van der Waals surface area contributed by atoms with Gasteiger partial charge in [0.25, 0.3) is 0 Å². The van der Waals surface area contributed by atoms with Crippen LogP contribution >= 0.6 is 0 Å². The average molecular weight is 216 g/mol. The first-order valence-electron chi connectivity index (χ1n) is 5.20. The number of nitrogens with zero attached hydrogens (tertiary/aromatic N) is 3. The molecule has 2 N–H and O–H groups in total. The topological polar surface area (TPSA) is 47.1 Å². The molecule has 0 fully saturated rings. The fourth-order valence-electron chi connectivity index (χ4n) is 1.55. The van der Waals surface area contributed by atoms with Gasteiger partial charge in [0.15, 0.2) is 0 Å². The number of anilines is 2. The monoisotopic (exact) mass is 216 g/mol. The maximum atomic E-state index is 5.76. The summed E-state index contributed by atoms with van der Waals surface area (Å²) in [6, 6.07) is 10.2. The zero-order chi connectivity index (χ0) is 11.5. The molecule has 84 valence electrons. The van der Waals surface area contributed by atoms with Crippen molar-refractivity contribution < 1.29 is 0 Å². The standard InChI is InChI=1S/C12H16N4/c1-15(2)11-5-3-10(4-6-11)9-16-12(13)7-8-14-16/h3-8H,9,13H2,1-2H3. The van der Waals surface area contributed by atoms with Crippen LogP contribution in [-0.2, 0) is 6.54 Å². The molecule has 0 saturated heterocycles. The number of nitrogen functional groups attached to an aromatic ring is 1. The van der Waals surface area contributed by atoms with Gasteiger partial charge in [-0.2, -0.15) is 5.10 Å². The first kappa shape index (κ1) is 10.5. The average Bonchev–Trinajstić information content (AvgIpc) is 2.65. The van der Waals surface area contributed by atoms with Gasteiger partial charge < -0.3 is 10.6 Å². The maximum Gasteiger partial charge on any atom is 0.122 e. The molecule has 16 heavy (non-hydrogen) atoms. The van der Waals surface area contributed by atoms with E-state index in [4.69, 9.17) is 5.73 Å². The lowest BCUT2D eigenvalue weighted by molar-refractivity contribution is 0.697. The van der Waals surface area contributed by atoms with E-state index in [1.807, 2.05) is 14.1 Å². The number of hydrogen-bond donors (Lipinski definition) is 1. The van der Waals surface area contributed by atoms with E-state index in [1.165, 1.54) is 11.3 Å². The Labute approximate surface area is 95.3 Å². The molecule has 0 saturated carbocycles. The zero-order valence-corrected chi connectivity index (χ0v) is 9.59. The Hall–Kier alpha value is -1.97. The van der Waals surface area contributed by atoms with E-state index >= 15 is 0 Å². The number of aromatic nitrogens is 2. The van der Waals surface area contributed by atoms with Gasteiger partial charge in [-0.3, -0.25) is 0 Å². The third-order valence-corrected chi connectivity index (χ3v) is 2.53. The van der Waals surface area contributed by atoms with Crippen LogP contribution in [0.25, 0.3) is 0 Å². The van der Waals surface area contributed by atoms with Crippen molar-refractivity contribution in [1.82, 2.24) is 9.78 Å². The second-order valence-electron chi connectivity index (χ2n) is 3.97. The molecule has 0 aliphatic rings. The number of hydrogen-bond acceptors (Lipinski definition) is 3. The van der Waals surface area contributed by atoms with Gasteiger partial charge in [-0.15, -0.1) is 0 Å². The second-order valence-corrected chi connectivity index (χ2v) is 3.97. The lowest BCUT2D eigenvalue weighted by Crippen LogP contribution is -2.09. The van der Waals surface area contributed by atoms with Crippen LogP contribution in [0.4, 0.5) is 11.5 Å². The van der Waals surface area contributed by atoms with E-state index < -0.39 is 0 Å². The maximum absolute atomic E-state index is 5.76. The van der Waals surface area contributed by atoms with Gasteiger partial charge in [0.05, 0.1) is 12.7 Å². The Morgan fingerprint density at radius 3 is 2.38 bits per heavy atom. The number of benzene rings is 1. The predicted octanol–water partition coefficient (Wildman–Crippen LogP) is 1.58. The van der Waals surface area contributed by atoms with Gasteiger partial charge in [0.1, 0.15) is 5.82 Å². The third-order valence-electron chi connectivity index (χ3n) is 2.53. The Bertz CT molecular complexity index is 456. The van der Waals surface area contributed by atoms with Crippen LogP contribution in [0.15, 0.2) is 36.5 Å². The molecule has 1 heterocycles. The summed E-state index contributed by atoms with van der Waals surface area (Å²) in [4.78, 5) is 2.08. The van der Waals surface area contributed by atoms with Crippen LogP contribution in [0.2, 0.25) is 0 Å². The summed E-state index contributed by atoms with van der Waals surface area (Å²) in [6.45, 7) is 0.715.